The Labute approximate surface area is 110 Å². The Morgan fingerprint density at radius 2 is 1.61 bits per heavy atom. The van der Waals surface area contributed by atoms with Crippen molar-refractivity contribution in [3.63, 3.8) is 0 Å². The summed E-state index contributed by atoms with van der Waals surface area (Å²) in [5.41, 5.74) is 5.82. The highest BCUT2D eigenvalue weighted by Crippen LogP contribution is 2.27. The van der Waals surface area contributed by atoms with Gasteiger partial charge in [-0.1, -0.05) is 6.07 Å². The van der Waals surface area contributed by atoms with Crippen LogP contribution in [0.2, 0.25) is 0 Å². The van der Waals surface area contributed by atoms with E-state index in [1.165, 1.54) is 22.3 Å². The SMILES string of the molecule is Cc1cc(C)c(C)c(C(O)CN(C)CCO)c1C. The van der Waals surface area contributed by atoms with Gasteiger partial charge in [-0.15, -0.1) is 0 Å². The predicted molar refractivity (Wildman–Crippen MR) is 74.9 cm³/mol. The molecule has 1 rings (SSSR count). The lowest BCUT2D eigenvalue weighted by Gasteiger charge is -2.24. The zero-order valence-electron chi connectivity index (χ0n) is 12.1. The first-order valence-electron chi connectivity index (χ1n) is 6.43. The molecule has 0 aromatic heterocycles. The number of hydrogen-bond donors (Lipinski definition) is 2. The van der Waals surface area contributed by atoms with Crippen molar-refractivity contribution in [2.75, 3.05) is 26.7 Å². The molecule has 18 heavy (non-hydrogen) atoms. The molecule has 0 radical (unpaired) electrons. The van der Waals surface area contributed by atoms with Crippen LogP contribution in [0.4, 0.5) is 0 Å². The van der Waals surface area contributed by atoms with Crippen molar-refractivity contribution in [3.05, 3.63) is 33.9 Å². The molecule has 0 saturated heterocycles. The Balaban J connectivity index is 3.01. The van der Waals surface area contributed by atoms with Gasteiger partial charge in [0.1, 0.15) is 0 Å². The molecule has 0 spiro atoms. The monoisotopic (exact) mass is 251 g/mol. The van der Waals surface area contributed by atoms with Crippen LogP contribution in [-0.4, -0.2) is 41.9 Å². The Morgan fingerprint density at radius 1 is 1.11 bits per heavy atom. The van der Waals surface area contributed by atoms with E-state index in [9.17, 15) is 5.11 Å². The molecular weight excluding hydrogens is 226 g/mol. The number of hydrogen-bond acceptors (Lipinski definition) is 3. The lowest BCUT2D eigenvalue weighted by Crippen LogP contribution is -2.28. The molecule has 102 valence electrons. The third-order valence-electron chi connectivity index (χ3n) is 3.72. The highest BCUT2D eigenvalue weighted by atomic mass is 16.3. The molecule has 3 nitrogen and oxygen atoms in total. The zero-order chi connectivity index (χ0) is 13.9. The summed E-state index contributed by atoms with van der Waals surface area (Å²) in [5.74, 6) is 0. The summed E-state index contributed by atoms with van der Waals surface area (Å²) in [6.07, 6.45) is -0.500. The Bertz CT molecular complexity index is 389. The second-order valence-corrected chi connectivity index (χ2v) is 5.18. The van der Waals surface area contributed by atoms with Gasteiger partial charge in [-0.05, 0) is 62.6 Å². The fourth-order valence-electron chi connectivity index (χ4n) is 2.40. The molecule has 0 heterocycles. The molecule has 3 heteroatoms. The molecule has 0 bridgehead atoms. The normalized spacial score (nSPS) is 13.1. The van der Waals surface area contributed by atoms with Crippen LogP contribution in [0.25, 0.3) is 0 Å². The summed E-state index contributed by atoms with van der Waals surface area (Å²) < 4.78 is 0. The van der Waals surface area contributed by atoms with Gasteiger partial charge in [-0.3, -0.25) is 0 Å². The number of aliphatic hydroxyl groups is 2. The van der Waals surface area contributed by atoms with Gasteiger partial charge in [0.15, 0.2) is 0 Å². The smallest absolute Gasteiger partial charge is 0.0922 e. The largest absolute Gasteiger partial charge is 0.395 e. The third kappa shape index (κ3) is 3.31. The average Bonchev–Trinajstić information content (AvgIpc) is 2.27. The van der Waals surface area contributed by atoms with Gasteiger partial charge in [0.25, 0.3) is 0 Å². The Hall–Kier alpha value is -0.900. The van der Waals surface area contributed by atoms with E-state index in [0.717, 1.165) is 5.56 Å². The summed E-state index contributed by atoms with van der Waals surface area (Å²) in [7, 11) is 1.91. The van der Waals surface area contributed by atoms with Crippen molar-refractivity contribution >= 4 is 0 Å². The fourth-order valence-corrected chi connectivity index (χ4v) is 2.40. The molecule has 1 atom stereocenters. The predicted octanol–water partition coefficient (Wildman–Crippen LogP) is 1.88. The van der Waals surface area contributed by atoms with E-state index in [2.05, 4.69) is 33.8 Å². The van der Waals surface area contributed by atoms with E-state index >= 15 is 0 Å². The summed E-state index contributed by atoms with van der Waals surface area (Å²) in [6.45, 7) is 9.53. The van der Waals surface area contributed by atoms with E-state index < -0.39 is 6.10 Å². The van der Waals surface area contributed by atoms with Crippen LogP contribution in [0, 0.1) is 27.7 Å². The van der Waals surface area contributed by atoms with Crippen LogP contribution in [0.15, 0.2) is 6.07 Å². The highest BCUT2D eigenvalue weighted by Gasteiger charge is 2.17. The first-order valence-corrected chi connectivity index (χ1v) is 6.43. The van der Waals surface area contributed by atoms with E-state index in [1.54, 1.807) is 0 Å². The number of rotatable bonds is 5. The minimum absolute atomic E-state index is 0.119. The van der Waals surface area contributed by atoms with Crippen molar-refractivity contribution < 1.29 is 10.2 Å². The van der Waals surface area contributed by atoms with Crippen LogP contribution in [-0.2, 0) is 0 Å². The van der Waals surface area contributed by atoms with E-state index in [4.69, 9.17) is 5.11 Å². The lowest BCUT2D eigenvalue weighted by atomic mass is 9.91. The minimum Gasteiger partial charge on any atom is -0.395 e. The molecule has 1 aromatic rings. The van der Waals surface area contributed by atoms with E-state index in [0.29, 0.717) is 13.1 Å². The summed E-state index contributed by atoms with van der Waals surface area (Å²) in [6, 6.07) is 2.17. The molecule has 1 aromatic carbocycles. The first-order chi connectivity index (χ1) is 8.38. The van der Waals surface area contributed by atoms with Crippen molar-refractivity contribution in [2.24, 2.45) is 0 Å². The molecule has 0 aliphatic heterocycles. The van der Waals surface area contributed by atoms with E-state index in [-0.39, 0.29) is 6.61 Å². The number of aliphatic hydroxyl groups excluding tert-OH is 2. The molecule has 0 fully saturated rings. The third-order valence-corrected chi connectivity index (χ3v) is 3.72. The summed E-state index contributed by atoms with van der Waals surface area (Å²) in [5, 5.41) is 19.3. The van der Waals surface area contributed by atoms with Gasteiger partial charge in [0.05, 0.1) is 12.7 Å². The number of aryl methyl sites for hydroxylation is 2. The van der Waals surface area contributed by atoms with Gasteiger partial charge in [-0.25, -0.2) is 0 Å². The minimum atomic E-state index is -0.500. The summed E-state index contributed by atoms with van der Waals surface area (Å²) >= 11 is 0. The highest BCUT2D eigenvalue weighted by molar-refractivity contribution is 5.45. The number of benzene rings is 1. The second-order valence-electron chi connectivity index (χ2n) is 5.18. The van der Waals surface area contributed by atoms with Gasteiger partial charge in [0.2, 0.25) is 0 Å². The van der Waals surface area contributed by atoms with Gasteiger partial charge >= 0.3 is 0 Å². The van der Waals surface area contributed by atoms with Crippen molar-refractivity contribution in [3.8, 4) is 0 Å². The van der Waals surface area contributed by atoms with Gasteiger partial charge in [-0.2, -0.15) is 0 Å². The molecule has 0 aliphatic carbocycles. The van der Waals surface area contributed by atoms with Crippen molar-refractivity contribution in [1.82, 2.24) is 4.90 Å². The first kappa shape index (κ1) is 15.2. The second kappa shape index (κ2) is 6.32. The number of nitrogens with zero attached hydrogens (tertiary/aromatic N) is 1. The Morgan fingerprint density at radius 3 is 2.06 bits per heavy atom. The van der Waals surface area contributed by atoms with Crippen LogP contribution in [0.5, 0.6) is 0 Å². The van der Waals surface area contributed by atoms with Crippen molar-refractivity contribution in [2.45, 2.75) is 33.8 Å². The average molecular weight is 251 g/mol. The topological polar surface area (TPSA) is 43.7 Å². The maximum Gasteiger partial charge on any atom is 0.0922 e. The molecule has 0 aliphatic rings. The molecule has 0 amide bonds. The molecule has 1 unspecified atom stereocenters. The summed E-state index contributed by atoms with van der Waals surface area (Å²) in [4.78, 5) is 1.95. The van der Waals surface area contributed by atoms with Crippen LogP contribution in [0.1, 0.15) is 33.9 Å². The van der Waals surface area contributed by atoms with Crippen molar-refractivity contribution in [1.29, 1.82) is 0 Å². The number of likely N-dealkylation sites (N-methyl/N-ethyl adjacent to an activating group) is 1. The van der Waals surface area contributed by atoms with E-state index in [1.807, 2.05) is 11.9 Å². The fraction of sp³-hybridized carbons (Fsp3) is 0.600. The van der Waals surface area contributed by atoms with Gasteiger partial charge < -0.3 is 15.1 Å². The maximum atomic E-state index is 10.4. The van der Waals surface area contributed by atoms with Crippen LogP contribution >= 0.6 is 0 Å². The Kier molecular flexibility index (Phi) is 5.32. The van der Waals surface area contributed by atoms with Gasteiger partial charge in [0, 0.05) is 13.1 Å². The lowest BCUT2D eigenvalue weighted by molar-refractivity contribution is 0.114. The zero-order valence-corrected chi connectivity index (χ0v) is 12.1. The molecular formula is C15H25NO2. The molecule has 0 saturated carbocycles. The quantitative estimate of drug-likeness (QED) is 0.840. The maximum absolute atomic E-state index is 10.4. The molecule has 2 N–H and O–H groups in total. The van der Waals surface area contributed by atoms with Crippen LogP contribution < -0.4 is 0 Å². The standard InChI is InChI=1S/C15H25NO2/c1-10-8-11(2)13(4)15(12(10)3)14(18)9-16(5)6-7-17/h8,14,17-18H,6-7,9H2,1-5H3. The van der Waals surface area contributed by atoms with Crippen LogP contribution in [0.3, 0.4) is 0 Å².